The van der Waals surface area contributed by atoms with Gasteiger partial charge in [0.25, 0.3) is 0 Å². The maximum absolute atomic E-state index is 12.5. The molecule has 3 rings (SSSR count). The van der Waals surface area contributed by atoms with Gasteiger partial charge in [0.1, 0.15) is 4.21 Å². The van der Waals surface area contributed by atoms with Gasteiger partial charge >= 0.3 is 0 Å². The van der Waals surface area contributed by atoms with Crippen molar-refractivity contribution in [1.29, 1.82) is 0 Å². The summed E-state index contributed by atoms with van der Waals surface area (Å²) in [6.45, 7) is 5.78. The third-order valence-corrected chi connectivity index (χ3v) is 7.96. The molecule has 1 aliphatic rings. The Morgan fingerprint density at radius 2 is 1.96 bits per heavy atom. The Balaban J connectivity index is 1.50. The lowest BCUT2D eigenvalue weighted by molar-refractivity contribution is -0.117. The lowest BCUT2D eigenvalue weighted by Gasteiger charge is -2.31. The SMILES string of the molecule is CCc1cccc(C)c1NC(=O)CN1CCC(NS(=O)(=O)c2cccs2)CC1. The van der Waals surface area contributed by atoms with Crippen molar-refractivity contribution < 1.29 is 13.2 Å². The molecule has 1 aliphatic heterocycles. The van der Waals surface area contributed by atoms with E-state index in [1.807, 2.05) is 25.1 Å². The van der Waals surface area contributed by atoms with Crippen molar-refractivity contribution in [3.05, 3.63) is 46.8 Å². The van der Waals surface area contributed by atoms with Crippen molar-refractivity contribution in [2.24, 2.45) is 0 Å². The van der Waals surface area contributed by atoms with Crippen molar-refractivity contribution in [3.8, 4) is 0 Å². The molecule has 1 saturated heterocycles. The summed E-state index contributed by atoms with van der Waals surface area (Å²) >= 11 is 1.22. The van der Waals surface area contributed by atoms with Crippen LogP contribution in [0, 0.1) is 6.92 Å². The number of thiophene rings is 1. The van der Waals surface area contributed by atoms with Crippen LogP contribution in [0.15, 0.2) is 39.9 Å². The van der Waals surface area contributed by atoms with Crippen molar-refractivity contribution in [3.63, 3.8) is 0 Å². The number of carbonyl (C=O) groups is 1. The fourth-order valence-corrected chi connectivity index (χ4v) is 5.80. The Morgan fingerprint density at radius 3 is 2.61 bits per heavy atom. The number of anilines is 1. The van der Waals surface area contributed by atoms with Gasteiger partial charge < -0.3 is 5.32 Å². The minimum absolute atomic E-state index is 0.0263. The predicted molar refractivity (Wildman–Crippen MR) is 113 cm³/mol. The van der Waals surface area contributed by atoms with E-state index in [9.17, 15) is 13.2 Å². The lowest BCUT2D eigenvalue weighted by atomic mass is 10.1. The minimum atomic E-state index is -3.44. The summed E-state index contributed by atoms with van der Waals surface area (Å²) in [6.07, 6.45) is 2.26. The number of nitrogens with one attached hydrogen (secondary N) is 2. The Hall–Kier alpha value is -1.74. The molecule has 0 bridgehead atoms. The molecule has 0 spiro atoms. The normalized spacial score (nSPS) is 16.2. The third-order valence-electron chi connectivity index (χ3n) is 5.04. The van der Waals surface area contributed by atoms with Crippen molar-refractivity contribution in [1.82, 2.24) is 9.62 Å². The molecular formula is C20H27N3O3S2. The molecule has 2 aromatic rings. The van der Waals surface area contributed by atoms with Crippen LogP contribution in [0.4, 0.5) is 5.69 Å². The van der Waals surface area contributed by atoms with Crippen molar-refractivity contribution >= 4 is 33.0 Å². The average molecular weight is 422 g/mol. The van der Waals surface area contributed by atoms with Crippen molar-refractivity contribution in [2.75, 3.05) is 25.0 Å². The predicted octanol–water partition coefficient (Wildman–Crippen LogP) is 3.00. The number of piperidine rings is 1. The number of likely N-dealkylation sites (tertiary alicyclic amines) is 1. The van der Waals surface area contributed by atoms with Gasteiger partial charge in [-0.25, -0.2) is 13.1 Å². The number of aryl methyl sites for hydroxylation is 2. The van der Waals surface area contributed by atoms with E-state index in [2.05, 4.69) is 21.9 Å². The molecule has 8 heteroatoms. The van der Waals surface area contributed by atoms with Crippen LogP contribution in [0.25, 0.3) is 0 Å². The number of carbonyl (C=O) groups excluding carboxylic acids is 1. The van der Waals surface area contributed by atoms with E-state index in [1.165, 1.54) is 11.3 Å². The van der Waals surface area contributed by atoms with Gasteiger partial charge in [-0.15, -0.1) is 11.3 Å². The number of para-hydroxylation sites is 1. The number of sulfonamides is 1. The van der Waals surface area contributed by atoms with Crippen LogP contribution in [-0.2, 0) is 21.2 Å². The monoisotopic (exact) mass is 421 g/mol. The topological polar surface area (TPSA) is 78.5 Å². The summed E-state index contributed by atoms with van der Waals surface area (Å²) in [5.41, 5.74) is 3.11. The van der Waals surface area contributed by atoms with Crippen LogP contribution in [0.2, 0.25) is 0 Å². The van der Waals surface area contributed by atoms with Gasteiger partial charge in [0.15, 0.2) is 0 Å². The quantitative estimate of drug-likeness (QED) is 0.720. The number of hydrogen-bond acceptors (Lipinski definition) is 5. The zero-order valence-corrected chi connectivity index (χ0v) is 17.9. The van der Waals surface area contributed by atoms with E-state index in [0.717, 1.165) is 23.2 Å². The molecule has 28 heavy (non-hydrogen) atoms. The number of amides is 1. The molecule has 6 nitrogen and oxygen atoms in total. The molecule has 0 saturated carbocycles. The maximum Gasteiger partial charge on any atom is 0.250 e. The maximum atomic E-state index is 12.5. The van der Waals surface area contributed by atoms with E-state index in [-0.39, 0.29) is 11.9 Å². The molecule has 1 aromatic carbocycles. The summed E-state index contributed by atoms with van der Waals surface area (Å²) in [6, 6.07) is 9.30. The Labute approximate surface area is 171 Å². The highest BCUT2D eigenvalue weighted by atomic mass is 32.2. The van der Waals surface area contributed by atoms with E-state index >= 15 is 0 Å². The van der Waals surface area contributed by atoms with Crippen LogP contribution < -0.4 is 10.0 Å². The van der Waals surface area contributed by atoms with Gasteiger partial charge in [-0.05, 0) is 48.8 Å². The summed E-state index contributed by atoms with van der Waals surface area (Å²) < 4.78 is 27.8. The highest BCUT2D eigenvalue weighted by Gasteiger charge is 2.26. The zero-order valence-electron chi connectivity index (χ0n) is 16.3. The first-order chi connectivity index (χ1) is 13.4. The number of hydrogen-bond donors (Lipinski definition) is 2. The number of nitrogens with zero attached hydrogens (tertiary/aromatic N) is 1. The molecule has 1 amide bonds. The van der Waals surface area contributed by atoms with Crippen LogP contribution in [0.5, 0.6) is 0 Å². The summed E-state index contributed by atoms with van der Waals surface area (Å²) in [7, 11) is -3.44. The first-order valence-corrected chi connectivity index (χ1v) is 11.9. The van der Waals surface area contributed by atoms with Crippen LogP contribution in [0.1, 0.15) is 30.9 Å². The first kappa shape index (κ1) is 21.0. The number of benzene rings is 1. The lowest BCUT2D eigenvalue weighted by Crippen LogP contribution is -2.46. The fraction of sp³-hybridized carbons (Fsp3) is 0.450. The second kappa shape index (κ2) is 9.17. The van der Waals surface area contributed by atoms with Crippen LogP contribution in [-0.4, -0.2) is 44.9 Å². The molecule has 0 aliphatic carbocycles. The average Bonchev–Trinajstić information content (AvgIpc) is 3.20. The first-order valence-electron chi connectivity index (χ1n) is 9.55. The van der Waals surface area contributed by atoms with Gasteiger partial charge in [-0.3, -0.25) is 9.69 Å². The summed E-state index contributed by atoms with van der Waals surface area (Å²) in [5, 5.41) is 4.81. The smallest absolute Gasteiger partial charge is 0.250 e. The standard InChI is InChI=1S/C20H27N3O3S2/c1-3-16-7-4-6-15(2)20(16)21-18(24)14-23-11-9-17(10-12-23)22-28(25,26)19-8-5-13-27-19/h4-8,13,17,22H,3,9-12,14H2,1-2H3,(H,21,24). The van der Waals surface area contributed by atoms with Gasteiger partial charge in [-0.2, -0.15) is 0 Å². The van der Waals surface area contributed by atoms with Crippen LogP contribution >= 0.6 is 11.3 Å². The largest absolute Gasteiger partial charge is 0.324 e. The fourth-order valence-electron chi connectivity index (χ4n) is 3.49. The van der Waals surface area contributed by atoms with Gasteiger partial charge in [0.05, 0.1) is 6.54 Å². The highest BCUT2D eigenvalue weighted by molar-refractivity contribution is 7.91. The molecule has 152 valence electrons. The molecule has 0 atom stereocenters. The Bertz CT molecular complexity index is 903. The molecule has 2 N–H and O–H groups in total. The van der Waals surface area contributed by atoms with Gasteiger partial charge in [0, 0.05) is 24.8 Å². The Kier molecular flexibility index (Phi) is 6.87. The van der Waals surface area contributed by atoms with E-state index in [4.69, 9.17) is 0 Å². The molecule has 2 heterocycles. The molecular weight excluding hydrogens is 394 g/mol. The molecule has 1 aromatic heterocycles. The third kappa shape index (κ3) is 5.20. The van der Waals surface area contributed by atoms with Gasteiger partial charge in [0.2, 0.25) is 15.9 Å². The highest BCUT2D eigenvalue weighted by Crippen LogP contribution is 2.22. The van der Waals surface area contributed by atoms with Crippen LogP contribution in [0.3, 0.4) is 0 Å². The second-order valence-corrected chi connectivity index (χ2v) is 10.0. The Morgan fingerprint density at radius 1 is 1.21 bits per heavy atom. The summed E-state index contributed by atoms with van der Waals surface area (Å²) in [5.74, 6) is -0.0263. The molecule has 0 radical (unpaired) electrons. The van der Waals surface area contributed by atoms with Gasteiger partial charge in [-0.1, -0.05) is 31.2 Å². The minimum Gasteiger partial charge on any atom is -0.324 e. The van der Waals surface area contributed by atoms with Crippen molar-refractivity contribution in [2.45, 2.75) is 43.4 Å². The zero-order chi connectivity index (χ0) is 20.1. The van der Waals surface area contributed by atoms with E-state index in [1.54, 1.807) is 17.5 Å². The van der Waals surface area contributed by atoms with E-state index in [0.29, 0.717) is 36.7 Å². The van der Waals surface area contributed by atoms with E-state index < -0.39 is 10.0 Å². The molecule has 1 fully saturated rings. The molecule has 0 unspecified atom stereocenters. The number of rotatable bonds is 7. The second-order valence-electron chi connectivity index (χ2n) is 7.11. The summed E-state index contributed by atoms with van der Waals surface area (Å²) in [4.78, 5) is 14.6.